The molecule has 2 aromatic carbocycles. The lowest BCUT2D eigenvalue weighted by molar-refractivity contribution is -0.387. The van der Waals surface area contributed by atoms with Crippen LogP contribution < -0.4 is 21.1 Å². The smallest absolute Gasteiger partial charge is 0.410 e. The highest BCUT2D eigenvalue weighted by atomic mass is 16.7. The number of benzene rings is 2. The van der Waals surface area contributed by atoms with Crippen LogP contribution in [0.3, 0.4) is 0 Å². The molecule has 5 N–H and O–H groups in total. The number of nitrogens with zero attached hydrogens (tertiary/aromatic N) is 7. The summed E-state index contributed by atoms with van der Waals surface area (Å²) in [5.41, 5.74) is 5.37. The molecule has 5 unspecified atom stereocenters. The number of nitrogens with one attached hydrogen (secondary N) is 2. The molecule has 16 atom stereocenters. The van der Waals surface area contributed by atoms with Crippen LogP contribution in [0.15, 0.2) is 54.7 Å². The molecule has 2 aliphatic heterocycles. The summed E-state index contributed by atoms with van der Waals surface area (Å²) in [7, 11) is 6.82. The summed E-state index contributed by atoms with van der Waals surface area (Å²) in [5, 5.41) is 38.8. The lowest BCUT2D eigenvalue weighted by atomic mass is 9.89. The highest BCUT2D eigenvalue weighted by Gasteiger charge is 2.56. The Balaban J connectivity index is 1.26. The minimum Gasteiger partial charge on any atom is -0.467 e. The first-order valence-electron chi connectivity index (χ1n) is 42.8. The molecule has 41 nitrogen and oxygen atoms in total. The summed E-state index contributed by atoms with van der Waals surface area (Å²) >= 11 is 0. The summed E-state index contributed by atoms with van der Waals surface area (Å²) in [6.07, 6.45) is -11.8. The van der Waals surface area contributed by atoms with Gasteiger partial charge in [-0.05, 0) is 54.7 Å². The number of methoxy groups -OCH3 is 3. The third-order valence-electron chi connectivity index (χ3n) is 21.0. The summed E-state index contributed by atoms with van der Waals surface area (Å²) in [6, 6.07) is 7.91. The number of carbonyl (C=O) groups is 9. The van der Waals surface area contributed by atoms with Crippen LogP contribution in [0.5, 0.6) is 5.75 Å². The zero-order valence-electron chi connectivity index (χ0n) is 75.8. The molecule has 126 heavy (non-hydrogen) atoms. The van der Waals surface area contributed by atoms with E-state index in [1.54, 1.807) is 77.8 Å². The fourth-order valence-electron chi connectivity index (χ4n) is 14.5. The van der Waals surface area contributed by atoms with Crippen molar-refractivity contribution in [1.29, 1.82) is 0 Å². The van der Waals surface area contributed by atoms with Gasteiger partial charge in [0.15, 0.2) is 24.1 Å². The van der Waals surface area contributed by atoms with Gasteiger partial charge in [0.1, 0.15) is 18.2 Å². The third kappa shape index (κ3) is 36.0. The molecule has 3 aromatic rings. The Morgan fingerprint density at radius 1 is 0.643 bits per heavy atom. The lowest BCUT2D eigenvalue weighted by Gasteiger charge is -2.43. The van der Waals surface area contributed by atoms with Crippen molar-refractivity contribution in [2.75, 3.05) is 181 Å². The average Bonchev–Trinajstić information content (AvgIpc) is 0.925. The van der Waals surface area contributed by atoms with Gasteiger partial charge in [-0.2, -0.15) is 0 Å². The van der Waals surface area contributed by atoms with Crippen LogP contribution >= 0.6 is 0 Å². The number of likely N-dealkylation sites (tertiary alicyclic amines) is 1. The average molecular weight is 1790 g/mol. The Kier molecular flexibility index (Phi) is 50.1. The second-order valence-electron chi connectivity index (χ2n) is 31.0. The Hall–Kier alpha value is -8.79. The number of nitrogens with two attached hydrogens (primary N) is 1. The molecule has 712 valence electrons. The predicted octanol–water partition coefficient (Wildman–Crippen LogP) is 4.06. The molecule has 0 radical (unpaired) electrons. The van der Waals surface area contributed by atoms with Crippen molar-refractivity contribution < 1.29 is 143 Å². The molecule has 0 spiro atoms. The van der Waals surface area contributed by atoms with Gasteiger partial charge < -0.3 is 121 Å². The zero-order chi connectivity index (χ0) is 92.8. The number of nitro benzene ring substituents is 1. The standard InChI is InChI=1S/C85H136N10O31/c1-17-56(6)73(69(108-14)52-70(99)94-28-21-24-65(94)75(109-15)57(7)80(101)87-58(8)74(100)62-22-19-18-20-23-62)91(12)82(103)71(54(2)3)88-81(102)72(55(4)5)92(13)85(105)125-68(63-25-26-67(66(50-63)95(106)107)124-84-79(123-61(11)98)77(122-60(10)97)76(121-59(9)96)78(126-84)83(104)110-16)51-64-53-93(90-89-64)29-31-112-33-35-114-37-39-116-41-43-118-45-47-120-49-48-119-46-44-117-42-40-115-38-36-113-34-32-111-30-27-86/h18-20,22-23,25-26,50,53-58,65,68-69,71-79,84,100H,17,21,24,27-49,51-52,86H2,1-16H3,(H,87,101)(H,88,102)/t56-,57+,58+,65?,68?,69+,71-,72-,73-,74+,75+,76+,77?,78?,79?,84-/m1/s1. The number of hydrogen-bond donors (Lipinski definition) is 4. The molecular weight excluding hydrogens is 1660 g/mol. The van der Waals surface area contributed by atoms with Crippen LogP contribution in [0, 0.1) is 33.8 Å². The van der Waals surface area contributed by atoms with Crippen molar-refractivity contribution in [3.8, 4) is 5.75 Å². The van der Waals surface area contributed by atoms with Gasteiger partial charge in [0.2, 0.25) is 36.0 Å². The van der Waals surface area contributed by atoms with Gasteiger partial charge >= 0.3 is 35.7 Å². The van der Waals surface area contributed by atoms with Gasteiger partial charge in [0, 0.05) is 80.9 Å². The first-order chi connectivity index (χ1) is 60.3. The van der Waals surface area contributed by atoms with E-state index < -0.39 is 161 Å². The molecular formula is C85H136N10O31. The van der Waals surface area contributed by atoms with E-state index in [1.807, 2.05) is 19.9 Å². The number of ether oxygens (including phenoxy) is 19. The molecule has 2 saturated heterocycles. The maximum atomic E-state index is 15.2. The highest BCUT2D eigenvalue weighted by molar-refractivity contribution is 5.92. The van der Waals surface area contributed by atoms with Crippen LogP contribution in [0.4, 0.5) is 10.5 Å². The van der Waals surface area contributed by atoms with E-state index in [9.17, 15) is 48.8 Å². The molecule has 5 amide bonds. The van der Waals surface area contributed by atoms with Crippen LogP contribution in [0.25, 0.3) is 0 Å². The molecule has 5 rings (SSSR count). The molecule has 1 aromatic heterocycles. The van der Waals surface area contributed by atoms with E-state index in [2.05, 4.69) is 20.9 Å². The van der Waals surface area contributed by atoms with E-state index >= 15 is 9.59 Å². The van der Waals surface area contributed by atoms with Crippen molar-refractivity contribution in [3.05, 3.63) is 81.7 Å². The number of carbonyl (C=O) groups excluding carboxylic acids is 9. The van der Waals surface area contributed by atoms with Gasteiger partial charge in [-0.1, -0.05) is 96.5 Å². The van der Waals surface area contributed by atoms with Gasteiger partial charge in [0.05, 0.1) is 205 Å². The van der Waals surface area contributed by atoms with Crippen molar-refractivity contribution in [2.45, 2.75) is 200 Å². The summed E-state index contributed by atoms with van der Waals surface area (Å²) in [5.74, 6) is -8.91. The van der Waals surface area contributed by atoms with Crippen molar-refractivity contribution in [3.63, 3.8) is 0 Å². The number of likely N-dealkylation sites (N-methyl/N-ethyl adjacent to an activating group) is 2. The molecule has 3 heterocycles. The lowest BCUT2D eigenvalue weighted by Crippen LogP contribution is -2.64. The summed E-state index contributed by atoms with van der Waals surface area (Å²) in [6.45, 7) is 25.8. The molecule has 2 fully saturated rings. The Labute approximate surface area is 737 Å². The normalized spacial score (nSPS) is 18.8. The van der Waals surface area contributed by atoms with Gasteiger partial charge in [-0.15, -0.1) is 5.10 Å². The predicted molar refractivity (Wildman–Crippen MR) is 450 cm³/mol. The maximum absolute atomic E-state index is 15.2. The molecule has 0 bridgehead atoms. The topological polar surface area (TPSA) is 483 Å². The van der Waals surface area contributed by atoms with E-state index in [-0.39, 0.29) is 68.2 Å². The fourth-order valence-corrected chi connectivity index (χ4v) is 14.5. The van der Waals surface area contributed by atoms with Crippen LogP contribution in [0.1, 0.15) is 131 Å². The van der Waals surface area contributed by atoms with Crippen molar-refractivity contribution in [2.24, 2.45) is 29.4 Å². The van der Waals surface area contributed by atoms with Crippen molar-refractivity contribution >= 4 is 59.3 Å². The van der Waals surface area contributed by atoms with E-state index in [4.69, 9.17) is 95.7 Å². The second-order valence-corrected chi connectivity index (χ2v) is 31.0. The largest absolute Gasteiger partial charge is 0.467 e. The van der Waals surface area contributed by atoms with Gasteiger partial charge in [0.25, 0.3) is 0 Å². The number of nitro groups is 1. The number of aliphatic hydroxyl groups is 1. The first-order valence-corrected chi connectivity index (χ1v) is 42.8. The van der Waals surface area contributed by atoms with Crippen LogP contribution in [0.2, 0.25) is 0 Å². The number of aliphatic hydroxyl groups excluding tert-OH is 1. The zero-order valence-corrected chi connectivity index (χ0v) is 75.8. The van der Waals surface area contributed by atoms with Gasteiger partial charge in [-0.25, -0.2) is 14.3 Å². The van der Waals surface area contributed by atoms with E-state index in [0.29, 0.717) is 150 Å². The molecule has 2 aliphatic rings. The number of rotatable bonds is 63. The monoisotopic (exact) mass is 1790 g/mol. The molecule has 41 heteroatoms. The van der Waals surface area contributed by atoms with Gasteiger partial charge in [-0.3, -0.25) is 48.6 Å². The minimum absolute atomic E-state index is 0.0441. The van der Waals surface area contributed by atoms with Crippen molar-refractivity contribution in [1.82, 2.24) is 40.3 Å². The third-order valence-corrected chi connectivity index (χ3v) is 21.0. The highest BCUT2D eigenvalue weighted by Crippen LogP contribution is 2.38. The Morgan fingerprint density at radius 2 is 1.16 bits per heavy atom. The molecule has 0 aliphatic carbocycles. The number of amides is 5. The summed E-state index contributed by atoms with van der Waals surface area (Å²) in [4.78, 5) is 141. The number of hydrogen-bond acceptors (Lipinski definition) is 34. The number of esters is 4. The van der Waals surface area contributed by atoms with E-state index in [0.717, 1.165) is 44.9 Å². The minimum atomic E-state index is -2.02. The first kappa shape index (κ1) is 108. The van der Waals surface area contributed by atoms with Crippen LogP contribution in [-0.2, 0) is 137 Å². The van der Waals surface area contributed by atoms with Crippen LogP contribution in [-0.4, -0.2) is 347 Å². The number of aromatic nitrogens is 3. The summed E-state index contributed by atoms with van der Waals surface area (Å²) < 4.78 is 108. The van der Waals surface area contributed by atoms with E-state index in [1.165, 1.54) is 43.1 Å². The second kappa shape index (κ2) is 58.6. The maximum Gasteiger partial charge on any atom is 0.410 e. The Morgan fingerprint density at radius 3 is 1.63 bits per heavy atom. The fraction of sp³-hybridized carbons (Fsp3) is 0.729. The Bertz CT molecular complexity index is 3740. The SMILES string of the molecule is CC[C@@H](C)[C@H]([C@H](CC(=O)N1CCCC1[C@@H](OC)[C@H](C)C(=O)N[C@@H](C)[C@H](O)c1ccccc1)OC)N(C)C(=O)[C@H](NC(=O)[C@@H](C(C)C)N(C)C(=O)OC(Cc1cn(CCOCCOCCOCCOCCOCCOCCOCCOCCOCCOCCN)nn1)c1ccc(O[C@@H]2OC(C(=O)OC)[C@@H](OC(C)=O)C(OC(C)=O)C2OC(C)=O)c([N+](=O)[O-])c1)C(C)C. The molecule has 0 saturated carbocycles. The quantitative estimate of drug-likeness (QED) is 0.0203.